The first-order valence-corrected chi connectivity index (χ1v) is 10.3. The van der Waals surface area contributed by atoms with Gasteiger partial charge in [0.1, 0.15) is 6.10 Å². The Morgan fingerprint density at radius 3 is 2.58 bits per heavy atom. The number of amides is 1. The highest BCUT2D eigenvalue weighted by atomic mass is 32.2. The van der Waals surface area contributed by atoms with E-state index in [1.807, 2.05) is 0 Å². The molecule has 2 heterocycles. The van der Waals surface area contributed by atoms with Crippen LogP contribution in [0.25, 0.3) is 0 Å². The summed E-state index contributed by atoms with van der Waals surface area (Å²) in [6.45, 7) is 1.98. The van der Waals surface area contributed by atoms with Crippen LogP contribution in [0.2, 0.25) is 0 Å². The van der Waals surface area contributed by atoms with E-state index in [1.165, 1.54) is 13.2 Å². The molecule has 0 radical (unpaired) electrons. The van der Waals surface area contributed by atoms with E-state index in [0.717, 1.165) is 31.3 Å². The minimum absolute atomic E-state index is 0.104. The predicted molar refractivity (Wildman–Crippen MR) is 98.3 cm³/mol. The molecule has 0 saturated carbocycles. The van der Waals surface area contributed by atoms with E-state index in [-0.39, 0.29) is 17.8 Å². The number of piperidine rings is 1. The molecule has 1 atom stereocenters. The fourth-order valence-electron chi connectivity index (χ4n) is 3.11. The largest absolute Gasteiger partial charge is 0.493 e. The van der Waals surface area contributed by atoms with Gasteiger partial charge in [-0.15, -0.1) is 0 Å². The molecule has 1 amide bonds. The molecule has 7 nitrogen and oxygen atoms in total. The molecular formula is C18H24N2O5S. The van der Waals surface area contributed by atoms with E-state index >= 15 is 0 Å². The van der Waals surface area contributed by atoms with Crippen molar-refractivity contribution in [2.45, 2.75) is 25.0 Å². The van der Waals surface area contributed by atoms with Gasteiger partial charge in [-0.25, -0.2) is 8.42 Å². The van der Waals surface area contributed by atoms with Crippen LogP contribution in [0.5, 0.6) is 11.5 Å². The SMILES string of the molecule is COc1cc(C(=O)N[C@H]2C=CS(=O)(=O)C2)ccc1OC1CCN(C)CC1. The zero-order valence-electron chi connectivity index (χ0n) is 15.0. The summed E-state index contributed by atoms with van der Waals surface area (Å²) in [6, 6.07) is 4.50. The van der Waals surface area contributed by atoms with E-state index in [1.54, 1.807) is 18.2 Å². The molecule has 0 aromatic heterocycles. The molecule has 0 spiro atoms. The normalized spacial score (nSPS) is 22.9. The lowest BCUT2D eigenvalue weighted by molar-refractivity contribution is 0.0946. The Bertz CT molecular complexity index is 798. The monoisotopic (exact) mass is 380 g/mol. The molecule has 0 bridgehead atoms. The first-order chi connectivity index (χ1) is 12.4. The van der Waals surface area contributed by atoms with Crippen molar-refractivity contribution in [1.29, 1.82) is 0 Å². The zero-order valence-corrected chi connectivity index (χ0v) is 15.8. The molecule has 1 aromatic rings. The zero-order chi connectivity index (χ0) is 18.7. The smallest absolute Gasteiger partial charge is 0.251 e. The average Bonchev–Trinajstić information content (AvgIpc) is 2.95. The van der Waals surface area contributed by atoms with E-state index in [9.17, 15) is 13.2 Å². The summed E-state index contributed by atoms with van der Waals surface area (Å²) in [4.78, 5) is 14.6. The Balaban J connectivity index is 1.66. The van der Waals surface area contributed by atoms with Gasteiger partial charge in [0.05, 0.1) is 18.9 Å². The minimum atomic E-state index is -3.21. The fraction of sp³-hybridized carbons (Fsp3) is 0.500. The number of nitrogens with zero attached hydrogens (tertiary/aromatic N) is 1. The molecule has 3 rings (SSSR count). The summed E-state index contributed by atoms with van der Waals surface area (Å²) in [5.41, 5.74) is 0.398. The molecule has 26 heavy (non-hydrogen) atoms. The van der Waals surface area contributed by atoms with Crippen LogP contribution in [0.1, 0.15) is 23.2 Å². The highest BCUT2D eigenvalue weighted by Crippen LogP contribution is 2.30. The number of carbonyl (C=O) groups excluding carboxylic acids is 1. The van der Waals surface area contributed by atoms with Crippen molar-refractivity contribution in [3.8, 4) is 11.5 Å². The third-order valence-corrected chi connectivity index (χ3v) is 6.03. The number of likely N-dealkylation sites (tertiary alicyclic amines) is 1. The van der Waals surface area contributed by atoms with Gasteiger partial charge in [-0.1, -0.05) is 0 Å². The molecule has 1 N–H and O–H groups in total. The number of methoxy groups -OCH3 is 1. The molecule has 2 aliphatic heterocycles. The van der Waals surface area contributed by atoms with Crippen LogP contribution in [0.3, 0.4) is 0 Å². The van der Waals surface area contributed by atoms with Gasteiger partial charge in [-0.3, -0.25) is 4.79 Å². The van der Waals surface area contributed by atoms with Gasteiger partial charge >= 0.3 is 0 Å². The Morgan fingerprint density at radius 2 is 1.96 bits per heavy atom. The van der Waals surface area contributed by atoms with Gasteiger partial charge in [0.15, 0.2) is 21.3 Å². The minimum Gasteiger partial charge on any atom is -0.493 e. The number of ether oxygens (including phenoxy) is 2. The van der Waals surface area contributed by atoms with Gasteiger partial charge in [0, 0.05) is 24.1 Å². The second-order valence-corrected chi connectivity index (χ2v) is 8.66. The second-order valence-electron chi connectivity index (χ2n) is 6.72. The molecule has 8 heteroatoms. The van der Waals surface area contributed by atoms with Crippen molar-refractivity contribution in [1.82, 2.24) is 10.2 Å². The maximum absolute atomic E-state index is 12.4. The first-order valence-electron chi connectivity index (χ1n) is 8.61. The lowest BCUT2D eigenvalue weighted by atomic mass is 10.1. The summed E-state index contributed by atoms with van der Waals surface area (Å²) in [5, 5.41) is 3.84. The van der Waals surface area contributed by atoms with Gasteiger partial charge < -0.3 is 19.7 Å². The molecule has 0 aliphatic carbocycles. The number of rotatable bonds is 5. The van der Waals surface area contributed by atoms with E-state index < -0.39 is 15.9 Å². The van der Waals surface area contributed by atoms with Crippen LogP contribution in [0.4, 0.5) is 0 Å². The maximum atomic E-state index is 12.4. The highest BCUT2D eigenvalue weighted by molar-refractivity contribution is 7.94. The van der Waals surface area contributed by atoms with Crippen LogP contribution in [-0.4, -0.2) is 64.4 Å². The third-order valence-electron chi connectivity index (χ3n) is 4.63. The van der Waals surface area contributed by atoms with Crippen LogP contribution in [0.15, 0.2) is 29.7 Å². The van der Waals surface area contributed by atoms with Crippen molar-refractivity contribution >= 4 is 15.7 Å². The Morgan fingerprint density at radius 1 is 1.23 bits per heavy atom. The topological polar surface area (TPSA) is 84.9 Å². The number of hydrogen-bond acceptors (Lipinski definition) is 6. The summed E-state index contributed by atoms with van der Waals surface area (Å²) in [7, 11) is 0.418. The standard InChI is InChI=1S/C18H24N2O5S/c1-20-8-5-15(6-9-20)25-16-4-3-13(11-17(16)24-2)18(21)19-14-7-10-26(22,23)12-14/h3-4,7,10-11,14-15H,5-6,8-9,12H2,1-2H3,(H,19,21)/t14-/m0/s1. The van der Waals surface area contributed by atoms with Crippen LogP contribution >= 0.6 is 0 Å². The van der Waals surface area contributed by atoms with Crippen LogP contribution < -0.4 is 14.8 Å². The quantitative estimate of drug-likeness (QED) is 0.827. The molecule has 0 unspecified atom stereocenters. The summed E-state index contributed by atoms with van der Waals surface area (Å²) < 4.78 is 34.3. The van der Waals surface area contributed by atoms with Crippen molar-refractivity contribution < 1.29 is 22.7 Å². The lowest BCUT2D eigenvalue weighted by Gasteiger charge is -2.29. The molecule has 1 fully saturated rings. The number of carbonyl (C=O) groups is 1. The molecular weight excluding hydrogens is 356 g/mol. The van der Waals surface area contributed by atoms with E-state index in [4.69, 9.17) is 9.47 Å². The van der Waals surface area contributed by atoms with E-state index in [0.29, 0.717) is 17.1 Å². The van der Waals surface area contributed by atoms with Gasteiger partial charge in [-0.05, 0) is 44.2 Å². The van der Waals surface area contributed by atoms with Crippen molar-refractivity contribution in [3.63, 3.8) is 0 Å². The Hall–Kier alpha value is -2.06. The molecule has 1 aromatic carbocycles. The summed E-state index contributed by atoms with van der Waals surface area (Å²) in [5.74, 6) is 0.654. The molecule has 2 aliphatic rings. The maximum Gasteiger partial charge on any atom is 0.251 e. The fourth-order valence-corrected chi connectivity index (χ4v) is 4.34. The van der Waals surface area contributed by atoms with Gasteiger partial charge in [0.2, 0.25) is 0 Å². The second kappa shape index (κ2) is 7.67. The Kier molecular flexibility index (Phi) is 5.52. The number of benzene rings is 1. The average molecular weight is 380 g/mol. The van der Waals surface area contributed by atoms with Gasteiger partial charge in [-0.2, -0.15) is 0 Å². The summed E-state index contributed by atoms with van der Waals surface area (Å²) >= 11 is 0. The molecule has 142 valence electrons. The van der Waals surface area contributed by atoms with Crippen LogP contribution in [0, 0.1) is 0 Å². The number of nitrogens with one attached hydrogen (secondary N) is 1. The number of hydrogen-bond donors (Lipinski definition) is 1. The van der Waals surface area contributed by atoms with Crippen molar-refractivity contribution in [3.05, 3.63) is 35.2 Å². The molecule has 1 saturated heterocycles. The predicted octanol–water partition coefficient (Wildman–Crippen LogP) is 1.21. The lowest BCUT2D eigenvalue weighted by Crippen LogP contribution is -2.36. The van der Waals surface area contributed by atoms with Crippen molar-refractivity contribution in [2.24, 2.45) is 0 Å². The first kappa shape index (κ1) is 18.7. The van der Waals surface area contributed by atoms with Gasteiger partial charge in [0.25, 0.3) is 5.91 Å². The third kappa shape index (κ3) is 4.56. The highest BCUT2D eigenvalue weighted by Gasteiger charge is 2.24. The number of sulfone groups is 1. The summed E-state index contributed by atoms with van der Waals surface area (Å²) in [6.07, 6.45) is 3.52. The van der Waals surface area contributed by atoms with Crippen LogP contribution in [-0.2, 0) is 9.84 Å². The Labute approximate surface area is 153 Å². The van der Waals surface area contributed by atoms with E-state index in [2.05, 4.69) is 17.3 Å². The van der Waals surface area contributed by atoms with Crippen molar-refractivity contribution in [2.75, 3.05) is 33.0 Å².